The Balaban J connectivity index is 2.25. The maximum atomic E-state index is 11.7. The van der Waals surface area contributed by atoms with Gasteiger partial charge in [0.25, 0.3) is 0 Å². The van der Waals surface area contributed by atoms with Gasteiger partial charge in [0.1, 0.15) is 0 Å². The van der Waals surface area contributed by atoms with Crippen LogP contribution in [0.4, 0.5) is 0 Å². The lowest BCUT2D eigenvalue weighted by Gasteiger charge is -2.23. The van der Waals surface area contributed by atoms with Crippen LogP contribution in [-0.4, -0.2) is 25.0 Å². The summed E-state index contributed by atoms with van der Waals surface area (Å²) in [5.74, 6) is 0.0975. The van der Waals surface area contributed by atoms with Crippen LogP contribution in [0.1, 0.15) is 25.8 Å². The molecule has 0 aliphatic heterocycles. The van der Waals surface area contributed by atoms with E-state index in [9.17, 15) is 4.79 Å². The molecule has 1 aromatic carbocycles. The molecule has 1 rings (SSSR count). The molecule has 0 bridgehead atoms. The molecule has 3 nitrogen and oxygen atoms in total. The molecule has 0 heterocycles. The summed E-state index contributed by atoms with van der Waals surface area (Å²) >= 11 is 0. The molecule has 0 saturated carbocycles. The molecule has 0 spiro atoms. The highest BCUT2D eigenvalue weighted by Gasteiger charge is 2.18. The van der Waals surface area contributed by atoms with Gasteiger partial charge in [0.2, 0.25) is 5.91 Å². The third-order valence-electron chi connectivity index (χ3n) is 2.86. The Morgan fingerprint density at radius 1 is 1.24 bits per heavy atom. The molecule has 0 fully saturated rings. The summed E-state index contributed by atoms with van der Waals surface area (Å²) in [7, 11) is 1.87. The van der Waals surface area contributed by atoms with Crippen LogP contribution < -0.4 is 10.6 Å². The molecular weight excluding hydrogens is 212 g/mol. The smallest absolute Gasteiger partial charge is 0.221 e. The van der Waals surface area contributed by atoms with Crippen molar-refractivity contribution in [2.75, 3.05) is 13.6 Å². The minimum absolute atomic E-state index is 0.0975. The second-order valence-electron chi connectivity index (χ2n) is 4.90. The maximum absolute atomic E-state index is 11.7. The van der Waals surface area contributed by atoms with E-state index in [2.05, 4.69) is 22.8 Å². The van der Waals surface area contributed by atoms with Gasteiger partial charge in [-0.3, -0.25) is 4.79 Å². The summed E-state index contributed by atoms with van der Waals surface area (Å²) < 4.78 is 0. The minimum Gasteiger partial charge on any atom is -0.356 e. The fourth-order valence-electron chi connectivity index (χ4n) is 1.54. The van der Waals surface area contributed by atoms with Crippen molar-refractivity contribution in [2.24, 2.45) is 0 Å². The van der Waals surface area contributed by atoms with E-state index in [1.807, 2.05) is 39.1 Å². The fourth-order valence-corrected chi connectivity index (χ4v) is 1.54. The molecule has 1 aromatic rings. The third-order valence-corrected chi connectivity index (χ3v) is 2.86. The first-order valence-electron chi connectivity index (χ1n) is 6.03. The molecule has 0 aromatic heterocycles. The normalized spacial score (nSPS) is 11.2. The lowest BCUT2D eigenvalue weighted by molar-refractivity contribution is -0.122. The van der Waals surface area contributed by atoms with Crippen LogP contribution in [0.3, 0.4) is 0 Å². The second-order valence-corrected chi connectivity index (χ2v) is 4.90. The first-order valence-corrected chi connectivity index (χ1v) is 6.03. The third kappa shape index (κ3) is 5.50. The topological polar surface area (TPSA) is 41.1 Å². The van der Waals surface area contributed by atoms with Crippen molar-refractivity contribution in [2.45, 2.75) is 32.2 Å². The van der Waals surface area contributed by atoms with Crippen molar-refractivity contribution in [3.63, 3.8) is 0 Å². The zero-order valence-corrected chi connectivity index (χ0v) is 10.9. The number of carbonyl (C=O) groups is 1. The molecule has 0 aliphatic carbocycles. The van der Waals surface area contributed by atoms with Crippen molar-refractivity contribution in [1.29, 1.82) is 0 Å². The molecule has 1 amide bonds. The van der Waals surface area contributed by atoms with Crippen LogP contribution in [-0.2, 0) is 11.2 Å². The molecule has 0 radical (unpaired) electrons. The minimum atomic E-state index is -0.142. The van der Waals surface area contributed by atoms with Crippen LogP contribution in [0.15, 0.2) is 30.3 Å². The molecule has 0 saturated heterocycles. The largest absolute Gasteiger partial charge is 0.356 e. The highest BCUT2D eigenvalue weighted by atomic mass is 16.1. The van der Waals surface area contributed by atoms with Gasteiger partial charge in [-0.1, -0.05) is 30.3 Å². The van der Waals surface area contributed by atoms with E-state index in [4.69, 9.17) is 0 Å². The molecule has 17 heavy (non-hydrogen) atoms. The van der Waals surface area contributed by atoms with Gasteiger partial charge in [-0.25, -0.2) is 0 Å². The number of hydrogen-bond acceptors (Lipinski definition) is 2. The fraction of sp³-hybridized carbons (Fsp3) is 0.500. The number of hydrogen-bond donors (Lipinski definition) is 2. The van der Waals surface area contributed by atoms with Gasteiger partial charge in [-0.05, 0) is 32.9 Å². The lowest BCUT2D eigenvalue weighted by Crippen LogP contribution is -2.42. The Morgan fingerprint density at radius 3 is 2.47 bits per heavy atom. The van der Waals surface area contributed by atoms with Gasteiger partial charge >= 0.3 is 0 Å². The molecule has 0 unspecified atom stereocenters. The van der Waals surface area contributed by atoms with Crippen molar-refractivity contribution in [1.82, 2.24) is 10.6 Å². The van der Waals surface area contributed by atoms with Crippen LogP contribution in [0, 0.1) is 0 Å². The highest BCUT2D eigenvalue weighted by molar-refractivity contribution is 5.77. The quantitative estimate of drug-likeness (QED) is 0.787. The summed E-state index contributed by atoms with van der Waals surface area (Å²) in [5, 5.41) is 6.06. The van der Waals surface area contributed by atoms with Crippen LogP contribution in [0.25, 0.3) is 0 Å². The Kier molecular flexibility index (Phi) is 5.16. The predicted molar refractivity (Wildman–Crippen MR) is 70.9 cm³/mol. The monoisotopic (exact) mass is 234 g/mol. The molecule has 2 N–H and O–H groups in total. The van der Waals surface area contributed by atoms with Crippen molar-refractivity contribution in [3.05, 3.63) is 35.9 Å². The van der Waals surface area contributed by atoms with Gasteiger partial charge < -0.3 is 10.6 Å². The summed E-state index contributed by atoms with van der Waals surface area (Å²) in [5.41, 5.74) is 1.11. The summed E-state index contributed by atoms with van der Waals surface area (Å²) in [4.78, 5) is 11.7. The average molecular weight is 234 g/mol. The number of carbonyl (C=O) groups excluding carboxylic acids is 1. The lowest BCUT2D eigenvalue weighted by atomic mass is 10.0. The summed E-state index contributed by atoms with van der Waals surface area (Å²) in [6.07, 6.45) is 1.38. The number of rotatable bonds is 6. The van der Waals surface area contributed by atoms with Crippen molar-refractivity contribution in [3.8, 4) is 0 Å². The Hall–Kier alpha value is -1.35. The van der Waals surface area contributed by atoms with Crippen molar-refractivity contribution >= 4 is 5.91 Å². The van der Waals surface area contributed by atoms with E-state index in [1.165, 1.54) is 5.56 Å². The number of nitrogens with one attached hydrogen (secondary N) is 2. The number of benzene rings is 1. The van der Waals surface area contributed by atoms with Crippen LogP contribution >= 0.6 is 0 Å². The van der Waals surface area contributed by atoms with Gasteiger partial charge in [-0.15, -0.1) is 0 Å². The van der Waals surface area contributed by atoms with E-state index in [0.717, 1.165) is 6.42 Å². The molecule has 3 heteroatoms. The predicted octanol–water partition coefficient (Wildman–Crippen LogP) is 1.73. The molecule has 94 valence electrons. The van der Waals surface area contributed by atoms with Gasteiger partial charge in [0.05, 0.1) is 0 Å². The van der Waals surface area contributed by atoms with E-state index >= 15 is 0 Å². The van der Waals surface area contributed by atoms with Gasteiger partial charge in [-0.2, -0.15) is 0 Å². The van der Waals surface area contributed by atoms with Crippen LogP contribution in [0.5, 0.6) is 0 Å². The average Bonchev–Trinajstić information content (AvgIpc) is 2.30. The maximum Gasteiger partial charge on any atom is 0.221 e. The van der Waals surface area contributed by atoms with Gasteiger partial charge in [0, 0.05) is 18.5 Å². The molecular formula is C14H22N2O. The Morgan fingerprint density at radius 2 is 1.88 bits per heavy atom. The second kappa shape index (κ2) is 6.40. The van der Waals surface area contributed by atoms with E-state index in [0.29, 0.717) is 13.0 Å². The van der Waals surface area contributed by atoms with E-state index in [1.54, 1.807) is 0 Å². The van der Waals surface area contributed by atoms with Crippen molar-refractivity contribution < 1.29 is 4.79 Å². The molecule has 0 aliphatic rings. The first-order chi connectivity index (χ1) is 8.03. The van der Waals surface area contributed by atoms with Gasteiger partial charge in [0.15, 0.2) is 0 Å². The zero-order chi connectivity index (χ0) is 12.7. The molecule has 0 atom stereocenters. The summed E-state index contributed by atoms with van der Waals surface area (Å²) in [6, 6.07) is 10.2. The van der Waals surface area contributed by atoms with E-state index < -0.39 is 0 Å². The number of amides is 1. The van der Waals surface area contributed by atoms with Crippen LogP contribution in [0.2, 0.25) is 0 Å². The Bertz CT molecular complexity index is 346. The standard InChI is InChI=1S/C14H22N2O/c1-14(2,15-3)11-13(17)16-10-9-12-7-5-4-6-8-12/h4-8,15H,9-11H2,1-3H3,(H,16,17). The first kappa shape index (κ1) is 13.7. The highest BCUT2D eigenvalue weighted by Crippen LogP contribution is 2.06. The van der Waals surface area contributed by atoms with E-state index in [-0.39, 0.29) is 11.4 Å². The Labute approximate surface area is 104 Å². The zero-order valence-electron chi connectivity index (χ0n) is 10.9. The summed E-state index contributed by atoms with van der Waals surface area (Å²) in [6.45, 7) is 4.73. The SMILES string of the molecule is CNC(C)(C)CC(=O)NCCc1ccccc1.